The topological polar surface area (TPSA) is 60.0 Å². The van der Waals surface area contributed by atoms with Crippen LogP contribution in [0.1, 0.15) is 30.9 Å². The second-order valence-corrected chi connectivity index (χ2v) is 7.86. The Morgan fingerprint density at radius 3 is 2.66 bits per heavy atom. The second-order valence-electron chi connectivity index (χ2n) is 7.86. The molecular weight excluding hydrogens is 368 g/mol. The number of carbonyl (C=O) groups is 1. The molecule has 6 nitrogen and oxygen atoms in total. The highest BCUT2D eigenvalue weighted by molar-refractivity contribution is 5.94. The molecule has 2 heterocycles. The van der Waals surface area contributed by atoms with Crippen LogP contribution in [0, 0.1) is 13.8 Å². The molecule has 0 bridgehead atoms. The molecule has 1 saturated heterocycles. The third-order valence-corrected chi connectivity index (χ3v) is 5.68. The van der Waals surface area contributed by atoms with E-state index in [2.05, 4.69) is 42.3 Å². The summed E-state index contributed by atoms with van der Waals surface area (Å²) >= 11 is 0. The van der Waals surface area contributed by atoms with E-state index in [1.54, 1.807) is 6.07 Å². The molecule has 0 spiro atoms. The maximum absolute atomic E-state index is 12.7. The van der Waals surface area contributed by atoms with Crippen molar-refractivity contribution in [3.8, 4) is 17.2 Å². The lowest BCUT2D eigenvalue weighted by Gasteiger charge is -2.35. The fraction of sp³-hybridized carbons (Fsp3) is 0.435. The molecule has 2 aliphatic heterocycles. The smallest absolute Gasteiger partial charge is 0.241 e. The Labute approximate surface area is 171 Å². The monoisotopic (exact) mass is 396 g/mol. The van der Waals surface area contributed by atoms with Gasteiger partial charge in [0.15, 0.2) is 11.5 Å². The van der Waals surface area contributed by atoms with Crippen LogP contribution in [0.2, 0.25) is 0 Å². The highest BCUT2D eigenvalue weighted by atomic mass is 16.7. The number of hydrogen-bond acceptors (Lipinski definition) is 5. The van der Waals surface area contributed by atoms with Crippen LogP contribution in [0.4, 0.5) is 5.69 Å². The van der Waals surface area contributed by atoms with Crippen molar-refractivity contribution in [3.05, 3.63) is 47.5 Å². The Bertz CT molecular complexity index is 890. The Hall–Kier alpha value is -2.73. The van der Waals surface area contributed by atoms with Gasteiger partial charge in [-0.1, -0.05) is 12.1 Å². The summed E-state index contributed by atoms with van der Waals surface area (Å²) < 4.78 is 16.9. The zero-order valence-electron chi connectivity index (χ0n) is 17.2. The zero-order valence-corrected chi connectivity index (χ0v) is 17.2. The number of rotatable bonds is 5. The number of nitrogens with zero attached hydrogens (tertiary/aromatic N) is 1. The van der Waals surface area contributed by atoms with Crippen LogP contribution < -0.4 is 19.5 Å². The maximum atomic E-state index is 12.7. The van der Waals surface area contributed by atoms with E-state index >= 15 is 0 Å². The van der Waals surface area contributed by atoms with Crippen molar-refractivity contribution in [2.45, 2.75) is 45.8 Å². The Kier molecular flexibility index (Phi) is 5.62. The minimum absolute atomic E-state index is 0.0160. The van der Waals surface area contributed by atoms with Gasteiger partial charge in [0.2, 0.25) is 12.7 Å². The summed E-state index contributed by atoms with van der Waals surface area (Å²) in [5, 5.41) is 2.99. The van der Waals surface area contributed by atoms with E-state index in [0.717, 1.165) is 42.9 Å². The van der Waals surface area contributed by atoms with Crippen LogP contribution in [0.3, 0.4) is 0 Å². The standard InChI is InChI=1S/C23H28N2O4/c1-15-4-5-16(2)21(12-15)29-19-8-10-25(11-9-19)17(3)23(26)24-18-6-7-20-22(13-18)28-14-27-20/h4-7,12-13,17,19H,8-11,14H2,1-3H3,(H,24,26). The molecule has 2 aromatic carbocycles. The molecule has 1 fully saturated rings. The third-order valence-electron chi connectivity index (χ3n) is 5.68. The summed E-state index contributed by atoms with van der Waals surface area (Å²) in [6.45, 7) is 8.01. The number of carbonyl (C=O) groups excluding carboxylic acids is 1. The number of likely N-dealkylation sites (tertiary alicyclic amines) is 1. The molecule has 0 aliphatic carbocycles. The summed E-state index contributed by atoms with van der Waals surface area (Å²) in [4.78, 5) is 14.9. The van der Waals surface area contributed by atoms with Crippen LogP contribution in [-0.2, 0) is 4.79 Å². The normalized spacial score (nSPS) is 17.8. The predicted octanol–water partition coefficient (Wildman–Crippen LogP) is 3.90. The molecule has 1 N–H and O–H groups in total. The molecule has 29 heavy (non-hydrogen) atoms. The SMILES string of the molecule is Cc1ccc(C)c(OC2CCN(C(C)C(=O)Nc3ccc4c(c3)OCO4)CC2)c1. The van der Waals surface area contributed by atoms with Crippen molar-refractivity contribution in [1.29, 1.82) is 0 Å². The zero-order chi connectivity index (χ0) is 20.4. The number of benzene rings is 2. The molecule has 2 aromatic rings. The minimum atomic E-state index is -0.206. The summed E-state index contributed by atoms with van der Waals surface area (Å²) in [5.41, 5.74) is 3.09. The number of anilines is 1. The van der Waals surface area contributed by atoms with Crippen LogP contribution in [0.5, 0.6) is 17.2 Å². The molecule has 1 unspecified atom stereocenters. The van der Waals surface area contributed by atoms with Crippen molar-refractivity contribution in [2.24, 2.45) is 0 Å². The van der Waals surface area contributed by atoms with Gasteiger partial charge in [-0.05, 0) is 62.9 Å². The van der Waals surface area contributed by atoms with Crippen molar-refractivity contribution < 1.29 is 19.0 Å². The molecule has 0 aromatic heterocycles. The van der Waals surface area contributed by atoms with Gasteiger partial charge in [-0.3, -0.25) is 9.69 Å². The lowest BCUT2D eigenvalue weighted by molar-refractivity contribution is -0.121. The van der Waals surface area contributed by atoms with Crippen LogP contribution in [-0.4, -0.2) is 42.8 Å². The molecule has 4 rings (SSSR count). The van der Waals surface area contributed by atoms with Gasteiger partial charge < -0.3 is 19.5 Å². The highest BCUT2D eigenvalue weighted by Gasteiger charge is 2.28. The van der Waals surface area contributed by atoms with Crippen molar-refractivity contribution in [2.75, 3.05) is 25.2 Å². The summed E-state index contributed by atoms with van der Waals surface area (Å²) in [5.74, 6) is 2.33. The molecular formula is C23H28N2O4. The first-order valence-corrected chi connectivity index (χ1v) is 10.2. The summed E-state index contributed by atoms with van der Waals surface area (Å²) in [6, 6.07) is 11.6. The number of hydrogen-bond donors (Lipinski definition) is 1. The van der Waals surface area contributed by atoms with Gasteiger partial charge in [0, 0.05) is 24.8 Å². The van der Waals surface area contributed by atoms with Gasteiger partial charge in [0.05, 0.1) is 6.04 Å². The minimum Gasteiger partial charge on any atom is -0.490 e. The van der Waals surface area contributed by atoms with Gasteiger partial charge in [-0.25, -0.2) is 0 Å². The van der Waals surface area contributed by atoms with Crippen LogP contribution >= 0.6 is 0 Å². The van der Waals surface area contributed by atoms with E-state index in [1.807, 2.05) is 19.1 Å². The molecule has 6 heteroatoms. The Balaban J connectivity index is 1.29. The van der Waals surface area contributed by atoms with E-state index < -0.39 is 0 Å². The second kappa shape index (κ2) is 8.33. The molecule has 2 aliphatic rings. The van der Waals surface area contributed by atoms with E-state index in [9.17, 15) is 4.79 Å². The molecule has 154 valence electrons. The number of fused-ring (bicyclic) bond motifs is 1. The van der Waals surface area contributed by atoms with E-state index in [-0.39, 0.29) is 24.8 Å². The van der Waals surface area contributed by atoms with Crippen molar-refractivity contribution >= 4 is 11.6 Å². The van der Waals surface area contributed by atoms with E-state index in [1.165, 1.54) is 5.56 Å². The van der Waals surface area contributed by atoms with Gasteiger partial charge in [-0.15, -0.1) is 0 Å². The maximum Gasteiger partial charge on any atom is 0.241 e. The van der Waals surface area contributed by atoms with Crippen molar-refractivity contribution in [1.82, 2.24) is 4.90 Å². The molecule has 1 atom stereocenters. The number of ether oxygens (including phenoxy) is 3. The first-order chi connectivity index (χ1) is 14.0. The number of amides is 1. The Morgan fingerprint density at radius 2 is 1.86 bits per heavy atom. The molecule has 1 amide bonds. The van der Waals surface area contributed by atoms with Gasteiger partial charge in [-0.2, -0.15) is 0 Å². The quantitative estimate of drug-likeness (QED) is 0.831. The van der Waals surface area contributed by atoms with E-state index in [4.69, 9.17) is 14.2 Å². The molecule has 0 radical (unpaired) electrons. The first kappa shape index (κ1) is 19.6. The third kappa shape index (κ3) is 4.48. The van der Waals surface area contributed by atoms with Crippen LogP contribution in [0.15, 0.2) is 36.4 Å². The fourth-order valence-corrected chi connectivity index (χ4v) is 3.78. The molecule has 0 saturated carbocycles. The van der Waals surface area contributed by atoms with Gasteiger partial charge in [0.25, 0.3) is 0 Å². The average molecular weight is 396 g/mol. The fourth-order valence-electron chi connectivity index (χ4n) is 3.78. The largest absolute Gasteiger partial charge is 0.490 e. The Morgan fingerprint density at radius 1 is 1.10 bits per heavy atom. The number of aryl methyl sites for hydroxylation is 2. The number of piperidine rings is 1. The van der Waals surface area contributed by atoms with Crippen molar-refractivity contribution in [3.63, 3.8) is 0 Å². The highest BCUT2D eigenvalue weighted by Crippen LogP contribution is 2.34. The number of nitrogens with one attached hydrogen (secondary N) is 1. The van der Waals surface area contributed by atoms with Gasteiger partial charge >= 0.3 is 0 Å². The van der Waals surface area contributed by atoms with Gasteiger partial charge in [0.1, 0.15) is 11.9 Å². The summed E-state index contributed by atoms with van der Waals surface area (Å²) in [6.07, 6.45) is 2.01. The average Bonchev–Trinajstić information content (AvgIpc) is 3.18. The first-order valence-electron chi connectivity index (χ1n) is 10.2. The summed E-state index contributed by atoms with van der Waals surface area (Å²) in [7, 11) is 0. The predicted molar refractivity (Wildman–Crippen MR) is 112 cm³/mol. The lowest BCUT2D eigenvalue weighted by Crippen LogP contribution is -2.47. The lowest BCUT2D eigenvalue weighted by atomic mass is 10.0. The van der Waals surface area contributed by atoms with E-state index in [0.29, 0.717) is 11.5 Å². The van der Waals surface area contributed by atoms with Crippen LogP contribution in [0.25, 0.3) is 0 Å².